The molecule has 1 aromatic heterocycles. The average molecular weight is 470 g/mol. The summed E-state index contributed by atoms with van der Waals surface area (Å²) in [5.74, 6) is 0. The van der Waals surface area contributed by atoms with Gasteiger partial charge in [-0.05, 0) is 54.3 Å². The lowest BCUT2D eigenvalue weighted by atomic mass is 9.85. The van der Waals surface area contributed by atoms with Crippen molar-refractivity contribution in [1.29, 1.82) is 0 Å². The molecule has 1 aliphatic rings. The van der Waals surface area contributed by atoms with Gasteiger partial charge in [0.1, 0.15) is 0 Å². The fourth-order valence-corrected chi connectivity index (χ4v) is 4.52. The van der Waals surface area contributed by atoms with E-state index in [-0.39, 0.29) is 6.03 Å². The number of rotatable bonds is 5. The Hall–Kier alpha value is -2.60. The Bertz CT molecular complexity index is 1020. The number of pyridine rings is 1. The Morgan fingerprint density at radius 1 is 0.969 bits per heavy atom. The maximum atomic E-state index is 13.5. The molecular weight excluding hydrogens is 445 g/mol. The minimum absolute atomic E-state index is 0.0711. The summed E-state index contributed by atoms with van der Waals surface area (Å²) in [6.07, 6.45) is 4.32. The number of urea groups is 1. The number of amides is 2. The van der Waals surface area contributed by atoms with Gasteiger partial charge in [0.15, 0.2) is 0 Å². The van der Waals surface area contributed by atoms with E-state index in [9.17, 15) is 9.90 Å². The lowest BCUT2D eigenvalue weighted by Crippen LogP contribution is -2.49. The number of piperidine rings is 1. The molecule has 2 aromatic carbocycles. The van der Waals surface area contributed by atoms with Crippen LogP contribution in [0, 0.1) is 0 Å². The first kappa shape index (κ1) is 22.6. The Balaban J connectivity index is 1.50. The Kier molecular flexibility index (Phi) is 6.99. The number of hydrogen-bond donors (Lipinski definition) is 1. The standard InChI is InChI=1S/C25H25Cl2N3O2/c26-22-7-1-4-19(14-22)17-30(18-20-5-2-8-23(27)15-20)24(31)29-12-9-25(32,10-13-29)21-6-3-11-28-16-21/h1-8,11,14-16,32H,9-10,12-13,17-18H2. The van der Waals surface area contributed by atoms with Crippen LogP contribution in [0.3, 0.4) is 0 Å². The van der Waals surface area contributed by atoms with Gasteiger partial charge in [0.25, 0.3) is 0 Å². The number of benzene rings is 2. The second-order valence-electron chi connectivity index (χ2n) is 8.16. The summed E-state index contributed by atoms with van der Waals surface area (Å²) >= 11 is 12.3. The first-order valence-electron chi connectivity index (χ1n) is 10.6. The highest BCUT2D eigenvalue weighted by Crippen LogP contribution is 2.33. The smallest absolute Gasteiger partial charge is 0.320 e. The zero-order chi connectivity index (χ0) is 22.6. The molecule has 1 N–H and O–H groups in total. The second kappa shape index (κ2) is 9.90. The molecule has 3 aromatic rings. The number of hydrogen-bond acceptors (Lipinski definition) is 3. The highest BCUT2D eigenvalue weighted by Gasteiger charge is 2.36. The van der Waals surface area contributed by atoms with Gasteiger partial charge in [-0.25, -0.2) is 4.79 Å². The number of carbonyl (C=O) groups is 1. The van der Waals surface area contributed by atoms with Crippen LogP contribution in [0.25, 0.3) is 0 Å². The summed E-state index contributed by atoms with van der Waals surface area (Å²) in [7, 11) is 0. The highest BCUT2D eigenvalue weighted by molar-refractivity contribution is 6.30. The van der Waals surface area contributed by atoms with Crippen molar-refractivity contribution in [3.63, 3.8) is 0 Å². The van der Waals surface area contributed by atoms with Crippen LogP contribution in [0.1, 0.15) is 29.5 Å². The summed E-state index contributed by atoms with van der Waals surface area (Å²) in [6, 6.07) is 18.7. The predicted molar refractivity (Wildman–Crippen MR) is 126 cm³/mol. The molecule has 166 valence electrons. The maximum absolute atomic E-state index is 13.5. The van der Waals surface area contributed by atoms with E-state index in [1.807, 2.05) is 60.7 Å². The van der Waals surface area contributed by atoms with Crippen LogP contribution in [0.2, 0.25) is 10.0 Å². The summed E-state index contributed by atoms with van der Waals surface area (Å²) in [5.41, 5.74) is 1.74. The monoisotopic (exact) mass is 469 g/mol. The number of likely N-dealkylation sites (tertiary alicyclic amines) is 1. The molecule has 2 heterocycles. The van der Waals surface area contributed by atoms with E-state index in [2.05, 4.69) is 4.98 Å². The number of nitrogens with zero attached hydrogens (tertiary/aromatic N) is 3. The summed E-state index contributed by atoms with van der Waals surface area (Å²) in [5, 5.41) is 12.4. The van der Waals surface area contributed by atoms with E-state index in [1.54, 1.807) is 22.2 Å². The van der Waals surface area contributed by atoms with Crippen LogP contribution >= 0.6 is 23.2 Å². The molecule has 7 heteroatoms. The zero-order valence-electron chi connectivity index (χ0n) is 17.6. The molecule has 0 radical (unpaired) electrons. The number of carbonyl (C=O) groups excluding carboxylic acids is 1. The van der Waals surface area contributed by atoms with E-state index in [0.29, 0.717) is 49.1 Å². The second-order valence-corrected chi connectivity index (χ2v) is 9.03. The van der Waals surface area contributed by atoms with Gasteiger partial charge < -0.3 is 14.9 Å². The van der Waals surface area contributed by atoms with Gasteiger partial charge in [0.05, 0.1) is 5.60 Å². The predicted octanol–water partition coefficient (Wildman–Crippen LogP) is 5.49. The third kappa shape index (κ3) is 5.41. The van der Waals surface area contributed by atoms with Crippen molar-refractivity contribution in [3.8, 4) is 0 Å². The molecule has 1 aliphatic heterocycles. The molecule has 4 rings (SSSR count). The molecule has 0 unspecified atom stereocenters. The quantitative estimate of drug-likeness (QED) is 0.536. The van der Waals surface area contributed by atoms with Gasteiger partial charge in [-0.2, -0.15) is 0 Å². The van der Waals surface area contributed by atoms with E-state index >= 15 is 0 Å². The molecule has 0 bridgehead atoms. The molecule has 1 fully saturated rings. The van der Waals surface area contributed by atoms with Crippen LogP contribution in [0.4, 0.5) is 4.79 Å². The minimum Gasteiger partial charge on any atom is -0.385 e. The van der Waals surface area contributed by atoms with Crippen molar-refractivity contribution in [3.05, 3.63) is 99.8 Å². The molecule has 1 saturated heterocycles. The van der Waals surface area contributed by atoms with Gasteiger partial charge in [0.2, 0.25) is 0 Å². The lowest BCUT2D eigenvalue weighted by Gasteiger charge is -2.40. The maximum Gasteiger partial charge on any atom is 0.320 e. The van der Waals surface area contributed by atoms with E-state index in [4.69, 9.17) is 23.2 Å². The largest absolute Gasteiger partial charge is 0.385 e. The van der Waals surface area contributed by atoms with Gasteiger partial charge in [-0.15, -0.1) is 0 Å². The van der Waals surface area contributed by atoms with Crippen molar-refractivity contribution in [2.75, 3.05) is 13.1 Å². The van der Waals surface area contributed by atoms with Crippen molar-refractivity contribution in [2.45, 2.75) is 31.5 Å². The van der Waals surface area contributed by atoms with Crippen LogP contribution < -0.4 is 0 Å². The van der Waals surface area contributed by atoms with Crippen LogP contribution in [0.15, 0.2) is 73.1 Å². The van der Waals surface area contributed by atoms with Crippen LogP contribution in [-0.2, 0) is 18.7 Å². The third-order valence-electron chi connectivity index (χ3n) is 5.86. The van der Waals surface area contributed by atoms with Crippen LogP contribution in [-0.4, -0.2) is 39.0 Å². The first-order chi connectivity index (χ1) is 15.4. The molecule has 2 amide bonds. The van der Waals surface area contributed by atoms with Gasteiger partial charge in [-0.1, -0.05) is 53.5 Å². The molecule has 0 saturated carbocycles. The first-order valence-corrected chi connectivity index (χ1v) is 11.3. The molecular formula is C25H25Cl2N3O2. The molecule has 0 aliphatic carbocycles. The van der Waals surface area contributed by atoms with E-state index in [1.165, 1.54) is 0 Å². The number of aromatic nitrogens is 1. The Morgan fingerprint density at radius 2 is 1.56 bits per heavy atom. The normalized spacial score (nSPS) is 15.4. The summed E-state index contributed by atoms with van der Waals surface area (Å²) in [4.78, 5) is 21.2. The SMILES string of the molecule is O=C(N1CCC(O)(c2cccnc2)CC1)N(Cc1cccc(Cl)c1)Cc1cccc(Cl)c1. The topological polar surface area (TPSA) is 56.7 Å². The fraction of sp³-hybridized carbons (Fsp3) is 0.280. The Labute approximate surface area is 198 Å². The summed E-state index contributed by atoms with van der Waals surface area (Å²) < 4.78 is 0. The van der Waals surface area contributed by atoms with Gasteiger partial charge in [-0.3, -0.25) is 4.98 Å². The van der Waals surface area contributed by atoms with Crippen molar-refractivity contribution < 1.29 is 9.90 Å². The Morgan fingerprint density at radius 3 is 2.06 bits per heavy atom. The van der Waals surface area contributed by atoms with Crippen molar-refractivity contribution >= 4 is 29.2 Å². The molecule has 5 nitrogen and oxygen atoms in total. The zero-order valence-corrected chi connectivity index (χ0v) is 19.1. The molecule has 0 atom stereocenters. The number of halogens is 2. The fourth-order valence-electron chi connectivity index (χ4n) is 4.10. The van der Waals surface area contributed by atoms with Crippen LogP contribution in [0.5, 0.6) is 0 Å². The van der Waals surface area contributed by atoms with E-state index < -0.39 is 5.60 Å². The van der Waals surface area contributed by atoms with Crippen molar-refractivity contribution in [1.82, 2.24) is 14.8 Å². The van der Waals surface area contributed by atoms with Gasteiger partial charge in [0, 0.05) is 54.2 Å². The van der Waals surface area contributed by atoms with Gasteiger partial charge >= 0.3 is 6.03 Å². The third-order valence-corrected chi connectivity index (χ3v) is 6.33. The minimum atomic E-state index is -0.963. The average Bonchev–Trinajstić information content (AvgIpc) is 2.79. The molecule has 32 heavy (non-hydrogen) atoms. The van der Waals surface area contributed by atoms with E-state index in [0.717, 1.165) is 16.7 Å². The van der Waals surface area contributed by atoms with Crippen molar-refractivity contribution in [2.24, 2.45) is 0 Å². The summed E-state index contributed by atoms with van der Waals surface area (Å²) in [6.45, 7) is 1.78. The number of aliphatic hydroxyl groups is 1. The molecule has 0 spiro atoms. The highest BCUT2D eigenvalue weighted by atomic mass is 35.5. The lowest BCUT2D eigenvalue weighted by molar-refractivity contribution is -0.0205.